The summed E-state index contributed by atoms with van der Waals surface area (Å²) in [6, 6.07) is 11.5. The van der Waals surface area contributed by atoms with Gasteiger partial charge in [0.2, 0.25) is 0 Å². The van der Waals surface area contributed by atoms with Gasteiger partial charge in [-0.15, -0.1) is 0 Å². The number of benzene rings is 1. The number of hydrogen-bond donors (Lipinski definition) is 4. The van der Waals surface area contributed by atoms with Gasteiger partial charge in [-0.3, -0.25) is 9.78 Å². The van der Waals surface area contributed by atoms with Crippen LogP contribution in [0.4, 0.5) is 4.79 Å². The number of nitrogens with zero attached hydrogens (tertiary/aromatic N) is 1. The molecule has 0 spiro atoms. The second-order valence-corrected chi connectivity index (χ2v) is 5.21. The largest absolute Gasteiger partial charge is 0.465 e. The van der Waals surface area contributed by atoms with Crippen LogP contribution < -0.4 is 10.6 Å². The molecule has 0 aliphatic carbocycles. The highest BCUT2D eigenvalue weighted by atomic mass is 16.4. The number of fused-ring (bicyclic) bond motifs is 1. The number of pyridine rings is 1. The molecular weight excluding hydrogens is 308 g/mol. The maximum Gasteiger partial charge on any atom is 0.404 e. The van der Waals surface area contributed by atoms with Crippen molar-refractivity contribution >= 4 is 22.9 Å². The molecule has 7 heteroatoms. The fraction of sp³-hybridized carbons (Fsp3) is 0.118. The van der Waals surface area contributed by atoms with Gasteiger partial charge in [0.1, 0.15) is 5.69 Å². The molecule has 0 bridgehead atoms. The molecule has 2 heterocycles. The Kier molecular flexibility index (Phi) is 4.42. The number of amides is 2. The molecule has 0 aliphatic rings. The molecule has 7 nitrogen and oxygen atoms in total. The van der Waals surface area contributed by atoms with Gasteiger partial charge >= 0.3 is 6.09 Å². The van der Waals surface area contributed by atoms with Gasteiger partial charge in [-0.25, -0.2) is 4.79 Å². The van der Waals surface area contributed by atoms with Crippen LogP contribution in [0.15, 0.2) is 48.8 Å². The summed E-state index contributed by atoms with van der Waals surface area (Å²) in [6.07, 6.45) is 2.39. The number of carbonyl (C=O) groups excluding carboxylic acids is 1. The number of nitrogens with one attached hydrogen (secondary N) is 3. The molecule has 4 N–H and O–H groups in total. The predicted octanol–water partition coefficient (Wildman–Crippen LogP) is 2.23. The van der Waals surface area contributed by atoms with E-state index in [-0.39, 0.29) is 19.0 Å². The Balaban J connectivity index is 1.74. The average molecular weight is 324 g/mol. The normalized spacial score (nSPS) is 10.5. The average Bonchev–Trinajstić information content (AvgIpc) is 3.02. The van der Waals surface area contributed by atoms with Gasteiger partial charge < -0.3 is 20.7 Å². The summed E-state index contributed by atoms with van der Waals surface area (Å²) in [5.41, 5.74) is 3.30. The highest BCUT2D eigenvalue weighted by Gasteiger charge is 2.10. The lowest BCUT2D eigenvalue weighted by molar-refractivity contribution is 0.0949. The second-order valence-electron chi connectivity index (χ2n) is 5.21. The Bertz CT molecular complexity index is 874. The molecule has 1 aromatic carbocycles. The summed E-state index contributed by atoms with van der Waals surface area (Å²) in [6.45, 7) is 0.383. The van der Waals surface area contributed by atoms with Gasteiger partial charge in [-0.05, 0) is 23.8 Å². The molecule has 3 aromatic rings. The van der Waals surface area contributed by atoms with E-state index in [9.17, 15) is 9.59 Å². The first kappa shape index (κ1) is 15.5. The van der Waals surface area contributed by atoms with E-state index in [1.165, 1.54) is 0 Å². The van der Waals surface area contributed by atoms with Gasteiger partial charge in [0.25, 0.3) is 5.91 Å². The summed E-state index contributed by atoms with van der Waals surface area (Å²) in [4.78, 5) is 29.6. The number of carboxylic acid groups (broad SMARTS) is 1. The Morgan fingerprint density at radius 1 is 1.08 bits per heavy atom. The number of aromatic nitrogens is 2. The van der Waals surface area contributed by atoms with Gasteiger partial charge in [0.05, 0.1) is 0 Å². The number of aromatic amines is 1. The molecule has 0 saturated carbocycles. The lowest BCUT2D eigenvalue weighted by atomic mass is 10.1. The quantitative estimate of drug-likeness (QED) is 0.540. The van der Waals surface area contributed by atoms with Crippen molar-refractivity contribution in [3.8, 4) is 11.1 Å². The zero-order valence-electron chi connectivity index (χ0n) is 12.7. The summed E-state index contributed by atoms with van der Waals surface area (Å²) < 4.78 is 0. The van der Waals surface area contributed by atoms with Crippen molar-refractivity contribution in [2.24, 2.45) is 0 Å². The van der Waals surface area contributed by atoms with Crippen LogP contribution >= 0.6 is 0 Å². The zero-order chi connectivity index (χ0) is 16.9. The van der Waals surface area contributed by atoms with Crippen molar-refractivity contribution in [1.29, 1.82) is 0 Å². The third kappa shape index (κ3) is 3.52. The van der Waals surface area contributed by atoms with E-state index >= 15 is 0 Å². The van der Waals surface area contributed by atoms with Gasteiger partial charge in [-0.1, -0.05) is 18.2 Å². The fourth-order valence-corrected chi connectivity index (χ4v) is 2.40. The molecular formula is C17H16N4O3. The summed E-state index contributed by atoms with van der Waals surface area (Å²) in [7, 11) is 0. The van der Waals surface area contributed by atoms with E-state index in [1.54, 1.807) is 18.5 Å². The topological polar surface area (TPSA) is 107 Å². The number of hydrogen-bond acceptors (Lipinski definition) is 3. The van der Waals surface area contributed by atoms with Crippen molar-refractivity contribution < 1.29 is 14.7 Å². The maximum atomic E-state index is 12.1. The molecule has 0 aliphatic heterocycles. The highest BCUT2D eigenvalue weighted by molar-refractivity contribution is 5.98. The molecule has 2 amide bonds. The molecule has 3 rings (SSSR count). The van der Waals surface area contributed by atoms with E-state index in [4.69, 9.17) is 5.11 Å². The smallest absolute Gasteiger partial charge is 0.404 e. The second kappa shape index (κ2) is 6.82. The van der Waals surface area contributed by atoms with Crippen LogP contribution in [0.1, 0.15) is 10.5 Å². The fourth-order valence-electron chi connectivity index (χ4n) is 2.40. The van der Waals surface area contributed by atoms with E-state index in [2.05, 4.69) is 20.6 Å². The summed E-state index contributed by atoms with van der Waals surface area (Å²) in [5.74, 6) is -0.277. The molecule has 0 saturated heterocycles. The Morgan fingerprint density at radius 3 is 2.67 bits per heavy atom. The standard InChI is InChI=1S/C17H16N4O3/c22-16(19-6-7-20-17(23)24)15-9-12-4-3-11(8-14(12)21-15)13-2-1-5-18-10-13/h1-5,8-10,20-21H,6-7H2,(H,19,22)(H,23,24). The molecule has 0 unspecified atom stereocenters. The van der Waals surface area contributed by atoms with E-state index < -0.39 is 6.09 Å². The first-order chi connectivity index (χ1) is 11.6. The van der Waals surface area contributed by atoms with E-state index in [1.807, 2.05) is 30.3 Å². The lowest BCUT2D eigenvalue weighted by Gasteiger charge is -2.03. The van der Waals surface area contributed by atoms with Gasteiger partial charge in [0.15, 0.2) is 0 Å². The molecule has 0 radical (unpaired) electrons. The summed E-state index contributed by atoms with van der Waals surface area (Å²) in [5, 5.41) is 14.2. The van der Waals surface area contributed by atoms with Crippen LogP contribution in [0.25, 0.3) is 22.0 Å². The minimum atomic E-state index is -1.11. The van der Waals surface area contributed by atoms with Crippen molar-refractivity contribution in [2.75, 3.05) is 13.1 Å². The minimum absolute atomic E-state index is 0.159. The van der Waals surface area contributed by atoms with E-state index in [0.717, 1.165) is 22.0 Å². The monoisotopic (exact) mass is 324 g/mol. The van der Waals surface area contributed by atoms with Crippen molar-refractivity contribution in [3.63, 3.8) is 0 Å². The van der Waals surface area contributed by atoms with Crippen LogP contribution in [-0.2, 0) is 0 Å². The van der Waals surface area contributed by atoms with Crippen molar-refractivity contribution in [3.05, 3.63) is 54.5 Å². The number of H-pyrrole nitrogens is 1. The molecule has 2 aromatic heterocycles. The van der Waals surface area contributed by atoms with Crippen molar-refractivity contribution in [1.82, 2.24) is 20.6 Å². The first-order valence-electron chi connectivity index (χ1n) is 7.41. The van der Waals surface area contributed by atoms with E-state index in [0.29, 0.717) is 5.69 Å². The van der Waals surface area contributed by atoms with Crippen LogP contribution in [0.5, 0.6) is 0 Å². The molecule has 0 fully saturated rings. The van der Waals surface area contributed by atoms with Crippen LogP contribution in [0.2, 0.25) is 0 Å². The Hall–Kier alpha value is -3.35. The highest BCUT2D eigenvalue weighted by Crippen LogP contribution is 2.24. The third-order valence-electron chi connectivity index (χ3n) is 3.55. The number of rotatable bonds is 5. The third-order valence-corrected chi connectivity index (χ3v) is 3.55. The molecule has 0 atom stereocenters. The van der Waals surface area contributed by atoms with Crippen LogP contribution in [0, 0.1) is 0 Å². The van der Waals surface area contributed by atoms with Crippen molar-refractivity contribution in [2.45, 2.75) is 0 Å². The van der Waals surface area contributed by atoms with Crippen LogP contribution in [-0.4, -0.2) is 40.2 Å². The minimum Gasteiger partial charge on any atom is -0.465 e. The van der Waals surface area contributed by atoms with Gasteiger partial charge in [0, 0.05) is 41.9 Å². The van der Waals surface area contributed by atoms with Gasteiger partial charge in [-0.2, -0.15) is 0 Å². The number of carbonyl (C=O) groups is 2. The Labute approximate surface area is 137 Å². The SMILES string of the molecule is O=C(O)NCCNC(=O)c1cc2ccc(-c3cccnc3)cc2[nH]1. The van der Waals surface area contributed by atoms with Crippen LogP contribution in [0.3, 0.4) is 0 Å². The molecule has 24 heavy (non-hydrogen) atoms. The Morgan fingerprint density at radius 2 is 1.92 bits per heavy atom. The summed E-state index contributed by atoms with van der Waals surface area (Å²) >= 11 is 0. The first-order valence-corrected chi connectivity index (χ1v) is 7.41. The molecule has 122 valence electrons. The maximum absolute atomic E-state index is 12.1. The lowest BCUT2D eigenvalue weighted by Crippen LogP contribution is -2.34. The predicted molar refractivity (Wildman–Crippen MR) is 89.9 cm³/mol. The zero-order valence-corrected chi connectivity index (χ0v) is 12.7.